The molecule has 0 aliphatic carbocycles. The molecular formula is C12H24N4O2. The molecule has 6 heteroatoms. The van der Waals surface area contributed by atoms with Gasteiger partial charge in [-0.25, -0.2) is 4.79 Å². The summed E-state index contributed by atoms with van der Waals surface area (Å²) in [6.45, 7) is 6.90. The summed E-state index contributed by atoms with van der Waals surface area (Å²) in [7, 11) is 0. The normalized spacial score (nSPS) is 16.8. The number of carbonyl (C=O) groups excluding carboxylic acids is 2. The largest absolute Gasteiger partial charge is 0.351 e. The highest BCUT2D eigenvalue weighted by molar-refractivity contribution is 5.93. The standard InChI is InChI=1S/C12H24N4O2/c1-2-16(8-5-11(17)15-12(13)18)9-10-3-6-14-7-4-10/h10,14H,2-9H2,1H3,(H3,13,15,17,18). The van der Waals surface area contributed by atoms with E-state index in [4.69, 9.17) is 5.73 Å². The van der Waals surface area contributed by atoms with Gasteiger partial charge in [0, 0.05) is 19.5 Å². The van der Waals surface area contributed by atoms with E-state index in [9.17, 15) is 9.59 Å². The number of carbonyl (C=O) groups is 2. The van der Waals surface area contributed by atoms with Crippen LogP contribution in [0.25, 0.3) is 0 Å². The third-order valence-electron chi connectivity index (χ3n) is 3.34. The van der Waals surface area contributed by atoms with Crippen molar-refractivity contribution in [2.45, 2.75) is 26.2 Å². The van der Waals surface area contributed by atoms with E-state index in [2.05, 4.69) is 22.5 Å². The number of hydrogen-bond acceptors (Lipinski definition) is 4. The molecule has 1 fully saturated rings. The lowest BCUT2D eigenvalue weighted by Gasteiger charge is -2.29. The van der Waals surface area contributed by atoms with Crippen molar-refractivity contribution in [2.24, 2.45) is 11.7 Å². The van der Waals surface area contributed by atoms with Gasteiger partial charge in [0.25, 0.3) is 0 Å². The fraction of sp³-hybridized carbons (Fsp3) is 0.833. The van der Waals surface area contributed by atoms with Gasteiger partial charge in [0.05, 0.1) is 0 Å². The molecule has 1 saturated heterocycles. The van der Waals surface area contributed by atoms with Crippen LogP contribution < -0.4 is 16.4 Å². The molecule has 1 aliphatic heterocycles. The van der Waals surface area contributed by atoms with Crippen LogP contribution in [-0.2, 0) is 4.79 Å². The van der Waals surface area contributed by atoms with Gasteiger partial charge in [-0.15, -0.1) is 0 Å². The Labute approximate surface area is 108 Å². The predicted octanol–water partition coefficient (Wildman–Crippen LogP) is -0.107. The van der Waals surface area contributed by atoms with Crippen LogP contribution in [0.3, 0.4) is 0 Å². The Hall–Kier alpha value is -1.14. The molecule has 3 amide bonds. The summed E-state index contributed by atoms with van der Waals surface area (Å²) in [5.41, 5.74) is 4.89. The van der Waals surface area contributed by atoms with Gasteiger partial charge >= 0.3 is 6.03 Å². The van der Waals surface area contributed by atoms with Crippen LogP contribution in [0.5, 0.6) is 0 Å². The highest BCUT2D eigenvalue weighted by Crippen LogP contribution is 2.13. The van der Waals surface area contributed by atoms with Crippen LogP contribution in [0.2, 0.25) is 0 Å². The number of amides is 3. The number of nitrogens with two attached hydrogens (primary N) is 1. The van der Waals surface area contributed by atoms with Gasteiger partial charge in [-0.2, -0.15) is 0 Å². The lowest BCUT2D eigenvalue weighted by Crippen LogP contribution is -2.39. The monoisotopic (exact) mass is 256 g/mol. The van der Waals surface area contributed by atoms with E-state index >= 15 is 0 Å². The van der Waals surface area contributed by atoms with Crippen LogP contribution in [-0.4, -0.2) is 49.6 Å². The molecule has 4 N–H and O–H groups in total. The number of piperidine rings is 1. The van der Waals surface area contributed by atoms with Gasteiger partial charge in [0.1, 0.15) is 0 Å². The summed E-state index contributed by atoms with van der Waals surface area (Å²) in [6.07, 6.45) is 2.72. The quantitative estimate of drug-likeness (QED) is 0.619. The van der Waals surface area contributed by atoms with Crippen LogP contribution in [0.1, 0.15) is 26.2 Å². The van der Waals surface area contributed by atoms with Gasteiger partial charge in [-0.3, -0.25) is 10.1 Å². The van der Waals surface area contributed by atoms with E-state index in [0.717, 1.165) is 26.2 Å². The van der Waals surface area contributed by atoms with Crippen molar-refractivity contribution in [3.8, 4) is 0 Å². The second-order valence-corrected chi connectivity index (χ2v) is 4.75. The molecule has 1 heterocycles. The number of nitrogens with one attached hydrogen (secondary N) is 2. The molecule has 0 atom stereocenters. The third kappa shape index (κ3) is 5.97. The topological polar surface area (TPSA) is 87.5 Å². The van der Waals surface area contributed by atoms with Gasteiger partial charge in [0.15, 0.2) is 0 Å². The lowest BCUT2D eigenvalue weighted by atomic mass is 9.97. The Morgan fingerprint density at radius 3 is 2.61 bits per heavy atom. The van der Waals surface area contributed by atoms with Crippen LogP contribution in [0.15, 0.2) is 0 Å². The Morgan fingerprint density at radius 1 is 1.39 bits per heavy atom. The molecule has 0 aromatic heterocycles. The zero-order valence-corrected chi connectivity index (χ0v) is 11.1. The fourth-order valence-corrected chi connectivity index (χ4v) is 2.27. The maximum Gasteiger partial charge on any atom is 0.318 e. The molecule has 0 aromatic carbocycles. The number of hydrogen-bond donors (Lipinski definition) is 3. The summed E-state index contributed by atoms with van der Waals surface area (Å²) >= 11 is 0. The van der Waals surface area contributed by atoms with Crippen molar-refractivity contribution in [1.82, 2.24) is 15.5 Å². The third-order valence-corrected chi connectivity index (χ3v) is 3.34. The second-order valence-electron chi connectivity index (χ2n) is 4.75. The molecule has 0 saturated carbocycles. The average molecular weight is 256 g/mol. The molecule has 104 valence electrons. The minimum absolute atomic E-state index is 0.300. The molecule has 0 bridgehead atoms. The van der Waals surface area contributed by atoms with E-state index in [1.165, 1.54) is 12.8 Å². The number of urea groups is 1. The molecule has 0 spiro atoms. The second kappa shape index (κ2) is 8.05. The minimum Gasteiger partial charge on any atom is -0.351 e. The molecule has 6 nitrogen and oxygen atoms in total. The molecule has 18 heavy (non-hydrogen) atoms. The van der Waals surface area contributed by atoms with Crippen LogP contribution >= 0.6 is 0 Å². The molecule has 1 rings (SSSR count). The molecule has 0 aromatic rings. The summed E-state index contributed by atoms with van der Waals surface area (Å²) in [5, 5.41) is 5.43. The Balaban J connectivity index is 2.23. The van der Waals surface area contributed by atoms with E-state index < -0.39 is 6.03 Å². The SMILES string of the molecule is CCN(CCC(=O)NC(N)=O)CC1CCNCC1. The summed E-state index contributed by atoms with van der Waals surface area (Å²) in [6, 6.07) is -0.776. The average Bonchev–Trinajstić information content (AvgIpc) is 2.35. The first kappa shape index (κ1) is 14.9. The Morgan fingerprint density at radius 2 is 2.06 bits per heavy atom. The molecule has 0 radical (unpaired) electrons. The molecule has 1 aliphatic rings. The number of rotatable bonds is 6. The smallest absolute Gasteiger partial charge is 0.318 e. The summed E-state index contributed by atoms with van der Waals surface area (Å²) in [5.74, 6) is 0.414. The zero-order chi connectivity index (χ0) is 13.4. The number of imide groups is 1. The highest BCUT2D eigenvalue weighted by atomic mass is 16.2. The highest BCUT2D eigenvalue weighted by Gasteiger charge is 2.16. The van der Waals surface area contributed by atoms with E-state index in [-0.39, 0.29) is 5.91 Å². The summed E-state index contributed by atoms with van der Waals surface area (Å²) in [4.78, 5) is 24.1. The van der Waals surface area contributed by atoms with E-state index in [0.29, 0.717) is 18.9 Å². The maximum absolute atomic E-state index is 11.3. The Bertz CT molecular complexity index is 277. The van der Waals surface area contributed by atoms with Crippen molar-refractivity contribution >= 4 is 11.9 Å². The lowest BCUT2D eigenvalue weighted by molar-refractivity contribution is -0.120. The first-order valence-electron chi connectivity index (χ1n) is 6.64. The maximum atomic E-state index is 11.3. The van der Waals surface area contributed by atoms with Gasteiger partial charge in [-0.05, 0) is 38.4 Å². The van der Waals surface area contributed by atoms with Crippen LogP contribution in [0.4, 0.5) is 4.79 Å². The van der Waals surface area contributed by atoms with Crippen molar-refractivity contribution in [3.63, 3.8) is 0 Å². The van der Waals surface area contributed by atoms with Gasteiger partial charge < -0.3 is 16.0 Å². The zero-order valence-electron chi connectivity index (χ0n) is 11.1. The Kier molecular flexibility index (Phi) is 6.67. The number of primary amides is 1. The first-order chi connectivity index (χ1) is 8.61. The van der Waals surface area contributed by atoms with Crippen molar-refractivity contribution in [3.05, 3.63) is 0 Å². The van der Waals surface area contributed by atoms with Gasteiger partial charge in [-0.1, -0.05) is 6.92 Å². The van der Waals surface area contributed by atoms with Crippen molar-refractivity contribution in [1.29, 1.82) is 0 Å². The number of nitrogens with zero attached hydrogens (tertiary/aromatic N) is 1. The van der Waals surface area contributed by atoms with Crippen molar-refractivity contribution < 1.29 is 9.59 Å². The van der Waals surface area contributed by atoms with Crippen LogP contribution in [0, 0.1) is 5.92 Å². The minimum atomic E-state index is -0.776. The first-order valence-corrected chi connectivity index (χ1v) is 6.64. The van der Waals surface area contributed by atoms with E-state index in [1.54, 1.807) is 0 Å². The fourth-order valence-electron chi connectivity index (χ4n) is 2.27. The van der Waals surface area contributed by atoms with Gasteiger partial charge in [0.2, 0.25) is 5.91 Å². The van der Waals surface area contributed by atoms with E-state index in [1.807, 2.05) is 0 Å². The predicted molar refractivity (Wildman–Crippen MR) is 70.1 cm³/mol. The summed E-state index contributed by atoms with van der Waals surface area (Å²) < 4.78 is 0. The molecule has 0 unspecified atom stereocenters. The van der Waals surface area contributed by atoms with Crippen molar-refractivity contribution in [2.75, 3.05) is 32.7 Å². The molecular weight excluding hydrogens is 232 g/mol.